The van der Waals surface area contributed by atoms with Gasteiger partial charge in [-0.15, -0.1) is 0 Å². The number of benzene rings is 1. The van der Waals surface area contributed by atoms with E-state index in [4.69, 9.17) is 14.2 Å². The van der Waals surface area contributed by atoms with Crippen molar-refractivity contribution in [2.45, 2.75) is 12.8 Å². The fourth-order valence-corrected chi connectivity index (χ4v) is 2.79. The summed E-state index contributed by atoms with van der Waals surface area (Å²) in [6.45, 7) is 1.27. The second-order valence-corrected chi connectivity index (χ2v) is 6.00. The lowest BCUT2D eigenvalue weighted by molar-refractivity contribution is -0.122. The van der Waals surface area contributed by atoms with Crippen molar-refractivity contribution in [3.63, 3.8) is 0 Å². The smallest absolute Gasteiger partial charge is 0.228 e. The van der Waals surface area contributed by atoms with Gasteiger partial charge in [0.1, 0.15) is 17.3 Å². The zero-order chi connectivity index (χ0) is 18.4. The van der Waals surface area contributed by atoms with Gasteiger partial charge in [0, 0.05) is 25.2 Å². The zero-order valence-corrected chi connectivity index (χ0v) is 15.0. The molecule has 1 amide bonds. The summed E-state index contributed by atoms with van der Waals surface area (Å²) in [5.74, 6) is 1.91. The van der Waals surface area contributed by atoms with Crippen molar-refractivity contribution in [3.05, 3.63) is 36.5 Å². The highest BCUT2D eigenvalue weighted by molar-refractivity contribution is 5.91. The Morgan fingerprint density at radius 1 is 1.15 bits per heavy atom. The van der Waals surface area contributed by atoms with E-state index in [2.05, 4.69) is 15.6 Å². The average molecular weight is 357 g/mol. The number of carbonyl (C=O) groups is 1. The number of rotatable bonds is 6. The number of aromatic nitrogens is 1. The number of anilines is 3. The van der Waals surface area contributed by atoms with Crippen molar-refractivity contribution >= 4 is 23.1 Å². The molecule has 1 aliphatic heterocycles. The lowest BCUT2D eigenvalue weighted by Gasteiger charge is -2.21. The van der Waals surface area contributed by atoms with E-state index in [1.54, 1.807) is 32.5 Å². The molecule has 1 aliphatic rings. The summed E-state index contributed by atoms with van der Waals surface area (Å²) in [7, 11) is 3.21. The first-order valence-electron chi connectivity index (χ1n) is 8.53. The average Bonchev–Trinajstić information content (AvgIpc) is 2.70. The number of pyridine rings is 1. The zero-order valence-electron chi connectivity index (χ0n) is 15.0. The third-order valence-electron chi connectivity index (χ3n) is 4.29. The monoisotopic (exact) mass is 357 g/mol. The van der Waals surface area contributed by atoms with Crippen molar-refractivity contribution in [2.24, 2.45) is 5.92 Å². The van der Waals surface area contributed by atoms with Crippen LogP contribution in [-0.4, -0.2) is 38.3 Å². The molecule has 1 saturated heterocycles. The molecule has 26 heavy (non-hydrogen) atoms. The largest absolute Gasteiger partial charge is 0.497 e. The second-order valence-electron chi connectivity index (χ2n) is 6.00. The summed E-state index contributed by atoms with van der Waals surface area (Å²) < 4.78 is 15.9. The molecule has 0 unspecified atom stereocenters. The van der Waals surface area contributed by atoms with Gasteiger partial charge in [-0.1, -0.05) is 0 Å². The predicted molar refractivity (Wildman–Crippen MR) is 99.2 cm³/mol. The molecule has 0 radical (unpaired) electrons. The van der Waals surface area contributed by atoms with Crippen LogP contribution in [0.15, 0.2) is 36.5 Å². The van der Waals surface area contributed by atoms with E-state index < -0.39 is 0 Å². The molecular formula is C19H23N3O4. The van der Waals surface area contributed by atoms with Gasteiger partial charge < -0.3 is 24.8 Å². The number of carbonyl (C=O) groups excluding carboxylic acids is 1. The minimum absolute atomic E-state index is 0.00154. The fraction of sp³-hybridized carbons (Fsp3) is 0.368. The lowest BCUT2D eigenvalue weighted by Crippen LogP contribution is -2.28. The highest BCUT2D eigenvalue weighted by Gasteiger charge is 2.21. The second kappa shape index (κ2) is 8.53. The maximum absolute atomic E-state index is 12.2. The van der Waals surface area contributed by atoms with Crippen LogP contribution in [0.25, 0.3) is 0 Å². The molecule has 2 heterocycles. The van der Waals surface area contributed by atoms with Gasteiger partial charge >= 0.3 is 0 Å². The van der Waals surface area contributed by atoms with Crippen LogP contribution in [0.4, 0.5) is 17.2 Å². The van der Waals surface area contributed by atoms with Gasteiger partial charge in [0.25, 0.3) is 0 Å². The molecule has 2 aromatic rings. The Balaban J connectivity index is 1.63. The molecule has 1 fully saturated rings. The Labute approximate surface area is 152 Å². The molecule has 7 nitrogen and oxygen atoms in total. The van der Waals surface area contributed by atoms with Crippen LogP contribution in [0.5, 0.6) is 11.5 Å². The predicted octanol–water partition coefficient (Wildman–Crippen LogP) is 3.21. The lowest BCUT2D eigenvalue weighted by atomic mass is 9.99. The summed E-state index contributed by atoms with van der Waals surface area (Å²) in [5.41, 5.74) is 1.59. The van der Waals surface area contributed by atoms with Crippen molar-refractivity contribution in [1.29, 1.82) is 0 Å². The molecule has 1 aromatic heterocycles. The first kappa shape index (κ1) is 18.0. The number of hydrogen-bond donors (Lipinski definition) is 2. The first-order chi connectivity index (χ1) is 12.7. The number of amides is 1. The Hall–Kier alpha value is -2.80. The van der Waals surface area contributed by atoms with Crippen LogP contribution in [-0.2, 0) is 9.53 Å². The standard InChI is InChI=1S/C19H23N3O4/c1-24-15-4-5-16(17(11-15)25-2)21-14-3-6-18(20-12-14)22-19(23)13-7-9-26-10-8-13/h3-6,11-13,21H,7-10H2,1-2H3,(H,20,22,23). The Bertz CT molecular complexity index is 743. The Morgan fingerprint density at radius 3 is 2.62 bits per heavy atom. The highest BCUT2D eigenvalue weighted by atomic mass is 16.5. The molecule has 0 atom stereocenters. The maximum atomic E-state index is 12.2. The van der Waals surface area contributed by atoms with Crippen LogP contribution < -0.4 is 20.1 Å². The molecule has 3 rings (SSSR count). The number of ether oxygens (including phenoxy) is 3. The highest BCUT2D eigenvalue weighted by Crippen LogP contribution is 2.31. The minimum Gasteiger partial charge on any atom is -0.497 e. The normalized spacial score (nSPS) is 14.5. The van der Waals surface area contributed by atoms with Crippen molar-refractivity contribution in [3.8, 4) is 11.5 Å². The minimum atomic E-state index is -0.00749. The topological polar surface area (TPSA) is 81.7 Å². The van der Waals surface area contributed by atoms with Gasteiger partial charge in [0.15, 0.2) is 0 Å². The van der Waals surface area contributed by atoms with Gasteiger partial charge in [-0.05, 0) is 37.1 Å². The number of hydrogen-bond acceptors (Lipinski definition) is 6. The number of nitrogens with zero attached hydrogens (tertiary/aromatic N) is 1. The van der Waals surface area contributed by atoms with Gasteiger partial charge in [0.2, 0.25) is 5.91 Å². The number of nitrogens with one attached hydrogen (secondary N) is 2. The van der Waals surface area contributed by atoms with Gasteiger partial charge in [-0.3, -0.25) is 4.79 Å². The third-order valence-corrected chi connectivity index (χ3v) is 4.29. The van der Waals surface area contributed by atoms with E-state index in [0.29, 0.717) is 24.8 Å². The molecule has 1 aromatic carbocycles. The molecule has 138 valence electrons. The van der Waals surface area contributed by atoms with Crippen molar-refractivity contribution < 1.29 is 19.0 Å². The van der Waals surface area contributed by atoms with Gasteiger partial charge in [-0.2, -0.15) is 0 Å². The van der Waals surface area contributed by atoms with Crippen LogP contribution in [0.3, 0.4) is 0 Å². The molecule has 0 spiro atoms. The summed E-state index contributed by atoms with van der Waals surface area (Å²) >= 11 is 0. The molecule has 7 heteroatoms. The van der Waals surface area contributed by atoms with Gasteiger partial charge in [-0.25, -0.2) is 4.98 Å². The quantitative estimate of drug-likeness (QED) is 0.826. The summed E-state index contributed by atoms with van der Waals surface area (Å²) in [4.78, 5) is 16.5. The van der Waals surface area contributed by atoms with Crippen molar-refractivity contribution in [2.75, 3.05) is 38.1 Å². The number of methoxy groups -OCH3 is 2. The van der Waals surface area contributed by atoms with E-state index >= 15 is 0 Å². The van der Waals surface area contributed by atoms with E-state index in [0.717, 1.165) is 30.0 Å². The molecule has 0 aliphatic carbocycles. The van der Waals surface area contributed by atoms with E-state index in [1.807, 2.05) is 18.2 Å². The van der Waals surface area contributed by atoms with Crippen molar-refractivity contribution in [1.82, 2.24) is 4.98 Å². The Morgan fingerprint density at radius 2 is 1.96 bits per heavy atom. The third kappa shape index (κ3) is 4.43. The van der Waals surface area contributed by atoms with Gasteiger partial charge in [0.05, 0.1) is 31.8 Å². The molecule has 2 N–H and O–H groups in total. The van der Waals surface area contributed by atoms with Crippen LogP contribution in [0.2, 0.25) is 0 Å². The maximum Gasteiger partial charge on any atom is 0.228 e. The van der Waals surface area contributed by atoms with E-state index in [1.165, 1.54) is 0 Å². The summed E-state index contributed by atoms with van der Waals surface area (Å²) in [6, 6.07) is 9.16. The summed E-state index contributed by atoms with van der Waals surface area (Å²) in [5, 5.41) is 6.11. The van der Waals surface area contributed by atoms with Crippen LogP contribution in [0.1, 0.15) is 12.8 Å². The fourth-order valence-electron chi connectivity index (χ4n) is 2.79. The van der Waals surface area contributed by atoms with Crippen LogP contribution in [0, 0.1) is 5.92 Å². The van der Waals surface area contributed by atoms with E-state index in [9.17, 15) is 4.79 Å². The SMILES string of the molecule is COc1ccc(Nc2ccc(NC(=O)C3CCOCC3)nc2)c(OC)c1. The first-order valence-corrected chi connectivity index (χ1v) is 8.53. The molecule has 0 saturated carbocycles. The molecular weight excluding hydrogens is 334 g/mol. The molecule has 0 bridgehead atoms. The summed E-state index contributed by atoms with van der Waals surface area (Å²) in [6.07, 6.45) is 3.18. The van der Waals surface area contributed by atoms with Crippen LogP contribution >= 0.6 is 0 Å². The Kier molecular flexibility index (Phi) is 5.91. The van der Waals surface area contributed by atoms with E-state index in [-0.39, 0.29) is 11.8 Å².